The van der Waals surface area contributed by atoms with Gasteiger partial charge in [-0.1, -0.05) is 45.0 Å². The largest absolute Gasteiger partial charge is 0.325 e. The Bertz CT molecular complexity index is 690. The third-order valence-electron chi connectivity index (χ3n) is 3.79. The Kier molecular flexibility index (Phi) is 3.70. The quantitative estimate of drug-likeness (QED) is 0.909. The number of nitrogens with one attached hydrogen (secondary N) is 1. The summed E-state index contributed by atoms with van der Waals surface area (Å²) in [5.41, 5.74) is 3.75. The van der Waals surface area contributed by atoms with Crippen LogP contribution in [0.25, 0.3) is 10.8 Å². The molecule has 21 heavy (non-hydrogen) atoms. The predicted octanol–water partition coefficient (Wildman–Crippen LogP) is 4.41. The first kappa shape index (κ1) is 14.5. The molecular weight excluding hydrogens is 278 g/mol. The molecule has 0 atom stereocenters. The van der Waals surface area contributed by atoms with Crippen LogP contribution in [0.2, 0.25) is 0 Å². The molecule has 1 N–H and O–H groups in total. The topological polar surface area (TPSA) is 29.1 Å². The third kappa shape index (κ3) is 3.08. The molecule has 0 aromatic heterocycles. The molecule has 1 amide bonds. The molecule has 110 valence electrons. The van der Waals surface area contributed by atoms with Gasteiger partial charge >= 0.3 is 0 Å². The molecule has 1 aliphatic carbocycles. The van der Waals surface area contributed by atoms with Crippen molar-refractivity contribution < 1.29 is 4.79 Å². The van der Waals surface area contributed by atoms with E-state index in [-0.39, 0.29) is 10.7 Å². The molecule has 0 heterocycles. The van der Waals surface area contributed by atoms with Gasteiger partial charge in [-0.15, -0.1) is 11.8 Å². The normalized spacial score (nSPS) is 13.7. The van der Waals surface area contributed by atoms with Gasteiger partial charge in [-0.2, -0.15) is 0 Å². The van der Waals surface area contributed by atoms with E-state index in [1.165, 1.54) is 21.9 Å². The van der Waals surface area contributed by atoms with Gasteiger partial charge in [0.25, 0.3) is 0 Å². The second kappa shape index (κ2) is 5.38. The van der Waals surface area contributed by atoms with Crippen molar-refractivity contribution in [3.63, 3.8) is 0 Å². The van der Waals surface area contributed by atoms with Crippen LogP contribution in [0, 0.1) is 0 Å². The highest BCUT2D eigenvalue weighted by atomic mass is 32.2. The summed E-state index contributed by atoms with van der Waals surface area (Å²) in [6.45, 7) is 6.39. The number of thioether (sulfide) groups is 1. The first-order valence-electron chi connectivity index (χ1n) is 7.41. The molecule has 0 spiro atoms. The fourth-order valence-corrected chi connectivity index (χ4v) is 3.46. The lowest BCUT2D eigenvalue weighted by molar-refractivity contribution is -0.113. The summed E-state index contributed by atoms with van der Waals surface area (Å²) in [5, 5.41) is 5.60. The number of carbonyl (C=O) groups is 1. The lowest BCUT2D eigenvalue weighted by Crippen LogP contribution is -2.19. The van der Waals surface area contributed by atoms with Crippen molar-refractivity contribution in [2.75, 3.05) is 11.1 Å². The molecule has 2 aromatic rings. The van der Waals surface area contributed by atoms with Gasteiger partial charge < -0.3 is 5.32 Å². The van der Waals surface area contributed by atoms with Gasteiger partial charge in [0.1, 0.15) is 0 Å². The maximum atomic E-state index is 12.2. The van der Waals surface area contributed by atoms with Gasteiger partial charge in [0.15, 0.2) is 0 Å². The van der Waals surface area contributed by atoms with E-state index in [1.54, 1.807) is 11.8 Å². The maximum absolute atomic E-state index is 12.2. The Morgan fingerprint density at radius 2 is 1.86 bits per heavy atom. The summed E-state index contributed by atoms with van der Waals surface area (Å²) in [7, 11) is 0. The van der Waals surface area contributed by atoms with Gasteiger partial charge in [-0.05, 0) is 35.4 Å². The lowest BCUT2D eigenvalue weighted by Gasteiger charge is -2.17. The Labute approximate surface area is 130 Å². The second-order valence-electron chi connectivity index (χ2n) is 6.56. The van der Waals surface area contributed by atoms with Crippen molar-refractivity contribution in [3.05, 3.63) is 41.5 Å². The van der Waals surface area contributed by atoms with Gasteiger partial charge in [-0.25, -0.2) is 0 Å². The monoisotopic (exact) mass is 299 g/mol. The van der Waals surface area contributed by atoms with E-state index in [9.17, 15) is 4.79 Å². The Morgan fingerprint density at radius 3 is 2.57 bits per heavy atom. The summed E-state index contributed by atoms with van der Waals surface area (Å²) < 4.78 is 0.110. The Balaban J connectivity index is 1.84. The van der Waals surface area contributed by atoms with Crippen LogP contribution in [0.3, 0.4) is 0 Å². The first-order chi connectivity index (χ1) is 9.94. The molecule has 2 nitrogen and oxygen atoms in total. The molecular formula is C18H21NOS. The van der Waals surface area contributed by atoms with E-state index in [4.69, 9.17) is 0 Å². The second-order valence-corrected chi connectivity index (χ2v) is 8.36. The third-order valence-corrected chi connectivity index (χ3v) is 5.06. The zero-order valence-corrected chi connectivity index (χ0v) is 13.6. The number of amides is 1. The fourth-order valence-electron chi connectivity index (χ4n) is 2.82. The Morgan fingerprint density at radius 1 is 1.14 bits per heavy atom. The highest BCUT2D eigenvalue weighted by Gasteiger charge is 2.17. The van der Waals surface area contributed by atoms with E-state index in [1.807, 2.05) is 6.07 Å². The zero-order valence-electron chi connectivity index (χ0n) is 12.8. The van der Waals surface area contributed by atoms with Crippen molar-refractivity contribution in [2.45, 2.75) is 38.4 Å². The highest BCUT2D eigenvalue weighted by molar-refractivity contribution is 8.01. The molecule has 0 saturated carbocycles. The molecule has 0 radical (unpaired) electrons. The minimum atomic E-state index is 0.0774. The van der Waals surface area contributed by atoms with Gasteiger partial charge in [0, 0.05) is 15.8 Å². The molecule has 0 unspecified atom stereocenters. The summed E-state index contributed by atoms with van der Waals surface area (Å²) in [6.07, 6.45) is 2.23. The van der Waals surface area contributed by atoms with E-state index in [0.717, 1.165) is 18.5 Å². The molecule has 3 heteroatoms. The van der Waals surface area contributed by atoms with Crippen LogP contribution >= 0.6 is 11.8 Å². The molecule has 0 aliphatic heterocycles. The zero-order chi connectivity index (χ0) is 15.0. The average molecular weight is 299 g/mol. The highest BCUT2D eigenvalue weighted by Crippen LogP contribution is 2.35. The van der Waals surface area contributed by atoms with Crippen molar-refractivity contribution in [3.8, 4) is 0 Å². The van der Waals surface area contributed by atoms with Gasteiger partial charge in [0.05, 0.1) is 5.75 Å². The van der Waals surface area contributed by atoms with Crippen LogP contribution in [0.5, 0.6) is 0 Å². The minimum Gasteiger partial charge on any atom is -0.325 e. The van der Waals surface area contributed by atoms with E-state index >= 15 is 0 Å². The first-order valence-corrected chi connectivity index (χ1v) is 8.40. The molecule has 3 rings (SSSR count). The van der Waals surface area contributed by atoms with Crippen LogP contribution in [-0.2, 0) is 17.6 Å². The number of hydrogen-bond donors (Lipinski definition) is 1. The van der Waals surface area contributed by atoms with Gasteiger partial charge in [-0.3, -0.25) is 4.79 Å². The van der Waals surface area contributed by atoms with Crippen LogP contribution in [-0.4, -0.2) is 16.4 Å². The number of hydrogen-bond acceptors (Lipinski definition) is 2. The van der Waals surface area contributed by atoms with E-state index < -0.39 is 0 Å². The van der Waals surface area contributed by atoms with Crippen LogP contribution in [0.15, 0.2) is 30.3 Å². The molecule has 1 aliphatic rings. The smallest absolute Gasteiger partial charge is 0.234 e. The number of benzene rings is 2. The van der Waals surface area contributed by atoms with Crippen LogP contribution in [0.1, 0.15) is 31.9 Å². The van der Waals surface area contributed by atoms with Crippen molar-refractivity contribution in [1.29, 1.82) is 0 Å². The fraction of sp³-hybridized carbons (Fsp3) is 0.389. The SMILES string of the molecule is CC(C)(C)SCC(=O)Nc1ccc2c3c(cccc13)CC2. The van der Waals surface area contributed by atoms with Crippen molar-refractivity contribution in [1.82, 2.24) is 0 Å². The lowest BCUT2D eigenvalue weighted by atomic mass is 10.0. The van der Waals surface area contributed by atoms with Crippen LogP contribution < -0.4 is 5.32 Å². The average Bonchev–Trinajstić information content (AvgIpc) is 2.84. The van der Waals surface area contributed by atoms with E-state index in [2.05, 4.69) is 50.4 Å². The summed E-state index contributed by atoms with van der Waals surface area (Å²) in [4.78, 5) is 12.2. The summed E-state index contributed by atoms with van der Waals surface area (Å²) in [6, 6.07) is 10.6. The number of anilines is 1. The van der Waals surface area contributed by atoms with Crippen molar-refractivity contribution in [2.24, 2.45) is 0 Å². The molecule has 0 saturated heterocycles. The van der Waals surface area contributed by atoms with Crippen LogP contribution in [0.4, 0.5) is 5.69 Å². The minimum absolute atomic E-state index is 0.0774. The van der Waals surface area contributed by atoms with E-state index in [0.29, 0.717) is 5.75 Å². The molecule has 0 fully saturated rings. The van der Waals surface area contributed by atoms with Crippen molar-refractivity contribution >= 4 is 34.1 Å². The standard InChI is InChI=1S/C18H21NOS/c1-18(2,3)21-11-16(20)19-15-10-9-13-8-7-12-5-4-6-14(15)17(12)13/h4-6,9-10H,7-8,11H2,1-3H3,(H,19,20). The number of carbonyl (C=O) groups excluding carboxylic acids is 1. The van der Waals surface area contributed by atoms with Gasteiger partial charge in [0.2, 0.25) is 5.91 Å². The maximum Gasteiger partial charge on any atom is 0.234 e. The molecule has 0 bridgehead atoms. The number of aryl methyl sites for hydroxylation is 2. The Hall–Kier alpha value is -1.48. The number of rotatable bonds is 3. The summed E-state index contributed by atoms with van der Waals surface area (Å²) in [5.74, 6) is 0.570. The summed E-state index contributed by atoms with van der Waals surface area (Å²) >= 11 is 1.67. The molecule has 2 aromatic carbocycles. The predicted molar refractivity (Wildman–Crippen MR) is 92.2 cm³/mol.